The van der Waals surface area contributed by atoms with Gasteiger partial charge < -0.3 is 11.1 Å². The highest BCUT2D eigenvalue weighted by molar-refractivity contribution is 5.23. The van der Waals surface area contributed by atoms with Gasteiger partial charge in [0.05, 0.1) is 0 Å². The summed E-state index contributed by atoms with van der Waals surface area (Å²) in [6.07, 6.45) is 2.08. The van der Waals surface area contributed by atoms with E-state index in [9.17, 15) is 0 Å². The van der Waals surface area contributed by atoms with E-state index >= 15 is 0 Å². The van der Waals surface area contributed by atoms with E-state index in [1.807, 2.05) is 0 Å². The number of hydrogen-bond acceptors (Lipinski definition) is 2. The lowest BCUT2D eigenvalue weighted by atomic mass is 10.1. The smallest absolute Gasteiger partial charge is 0.000824 e. The van der Waals surface area contributed by atoms with E-state index in [4.69, 9.17) is 5.73 Å². The molecule has 0 bridgehead atoms. The molecule has 2 heteroatoms. The number of nitrogens with one attached hydrogen (secondary N) is 1. The summed E-state index contributed by atoms with van der Waals surface area (Å²) < 4.78 is 0. The molecular weight excluding hydrogens is 196 g/mol. The fraction of sp³-hybridized carbons (Fsp3) is 0.571. The maximum absolute atomic E-state index is 5.52. The monoisotopic (exact) mass is 220 g/mol. The van der Waals surface area contributed by atoms with Gasteiger partial charge in [0, 0.05) is 0 Å². The van der Waals surface area contributed by atoms with Crippen LogP contribution in [0.3, 0.4) is 0 Å². The van der Waals surface area contributed by atoms with Gasteiger partial charge in [-0.25, -0.2) is 0 Å². The summed E-state index contributed by atoms with van der Waals surface area (Å²) in [5.41, 5.74) is 8.25. The Bertz CT molecular complexity index is 277. The summed E-state index contributed by atoms with van der Waals surface area (Å²) in [5, 5.41) is 3.45. The molecule has 16 heavy (non-hydrogen) atoms. The van der Waals surface area contributed by atoms with Gasteiger partial charge in [-0.05, 0) is 49.5 Å². The molecule has 0 amide bonds. The Kier molecular flexibility index (Phi) is 6.12. The van der Waals surface area contributed by atoms with Crippen molar-refractivity contribution in [2.24, 2.45) is 11.7 Å². The molecule has 0 aliphatic carbocycles. The second kappa shape index (κ2) is 7.42. The van der Waals surface area contributed by atoms with Crippen LogP contribution in [0.1, 0.15) is 25.0 Å². The maximum Gasteiger partial charge on any atom is -0.000824 e. The Morgan fingerprint density at radius 3 is 2.12 bits per heavy atom. The second-order valence-electron chi connectivity index (χ2n) is 4.70. The first-order chi connectivity index (χ1) is 7.72. The van der Waals surface area contributed by atoms with Crippen LogP contribution in [0.25, 0.3) is 0 Å². The van der Waals surface area contributed by atoms with Crippen LogP contribution in [0.2, 0.25) is 0 Å². The van der Waals surface area contributed by atoms with Crippen molar-refractivity contribution in [3.8, 4) is 0 Å². The molecule has 1 rings (SSSR count). The van der Waals surface area contributed by atoms with Gasteiger partial charge in [-0.15, -0.1) is 0 Å². The van der Waals surface area contributed by atoms with Gasteiger partial charge in [-0.3, -0.25) is 0 Å². The molecule has 0 spiro atoms. The van der Waals surface area contributed by atoms with Crippen LogP contribution in [0.5, 0.6) is 0 Å². The predicted octanol–water partition coefficient (Wildman–Crippen LogP) is 1.98. The molecule has 1 aromatic rings. The zero-order chi connectivity index (χ0) is 11.8. The van der Waals surface area contributed by atoms with Gasteiger partial charge in [0.1, 0.15) is 0 Å². The lowest BCUT2D eigenvalue weighted by molar-refractivity contribution is 0.554. The largest absolute Gasteiger partial charge is 0.330 e. The topological polar surface area (TPSA) is 38.0 Å². The first kappa shape index (κ1) is 13.2. The van der Waals surface area contributed by atoms with Crippen molar-refractivity contribution in [3.63, 3.8) is 0 Å². The fourth-order valence-electron chi connectivity index (χ4n) is 1.66. The SMILES string of the molecule is CC(C)CNCCc1ccc(CCN)cc1. The average molecular weight is 220 g/mol. The third kappa shape index (κ3) is 5.29. The molecule has 0 aliphatic rings. The fourth-order valence-corrected chi connectivity index (χ4v) is 1.66. The van der Waals surface area contributed by atoms with Crippen molar-refractivity contribution in [2.75, 3.05) is 19.6 Å². The number of nitrogens with two attached hydrogens (primary N) is 1. The minimum Gasteiger partial charge on any atom is -0.330 e. The number of rotatable bonds is 7. The van der Waals surface area contributed by atoms with Gasteiger partial charge in [0.2, 0.25) is 0 Å². The van der Waals surface area contributed by atoms with E-state index in [1.54, 1.807) is 0 Å². The Morgan fingerprint density at radius 2 is 1.62 bits per heavy atom. The minimum atomic E-state index is 0.729. The number of benzene rings is 1. The van der Waals surface area contributed by atoms with Crippen LogP contribution >= 0.6 is 0 Å². The Hall–Kier alpha value is -0.860. The summed E-state index contributed by atoms with van der Waals surface area (Å²) in [5.74, 6) is 0.729. The van der Waals surface area contributed by atoms with Crippen molar-refractivity contribution >= 4 is 0 Å². The third-order valence-corrected chi connectivity index (χ3v) is 2.60. The van der Waals surface area contributed by atoms with E-state index in [-0.39, 0.29) is 0 Å². The van der Waals surface area contributed by atoms with E-state index < -0.39 is 0 Å². The Morgan fingerprint density at radius 1 is 1.06 bits per heavy atom. The molecule has 0 saturated carbocycles. The Labute approximate surface area is 99.2 Å². The molecule has 0 heterocycles. The molecule has 90 valence electrons. The molecule has 0 aliphatic heterocycles. The molecule has 0 atom stereocenters. The molecule has 0 fully saturated rings. The third-order valence-electron chi connectivity index (χ3n) is 2.60. The summed E-state index contributed by atoms with van der Waals surface area (Å²) in [6.45, 7) is 7.36. The zero-order valence-corrected chi connectivity index (χ0v) is 10.5. The lowest BCUT2D eigenvalue weighted by Gasteiger charge is -2.07. The van der Waals surface area contributed by atoms with Crippen molar-refractivity contribution in [3.05, 3.63) is 35.4 Å². The molecule has 0 radical (unpaired) electrons. The van der Waals surface area contributed by atoms with E-state index in [0.29, 0.717) is 0 Å². The highest BCUT2D eigenvalue weighted by Gasteiger charge is 1.96. The first-order valence-corrected chi connectivity index (χ1v) is 6.21. The highest BCUT2D eigenvalue weighted by atomic mass is 14.8. The van der Waals surface area contributed by atoms with Crippen molar-refractivity contribution in [1.82, 2.24) is 5.32 Å². The average Bonchev–Trinajstić information content (AvgIpc) is 2.27. The van der Waals surface area contributed by atoms with Gasteiger partial charge in [0.25, 0.3) is 0 Å². The van der Waals surface area contributed by atoms with Gasteiger partial charge in [-0.2, -0.15) is 0 Å². The van der Waals surface area contributed by atoms with Crippen molar-refractivity contribution in [2.45, 2.75) is 26.7 Å². The van der Waals surface area contributed by atoms with Crippen LogP contribution in [0, 0.1) is 5.92 Å². The number of hydrogen-bond donors (Lipinski definition) is 2. The van der Waals surface area contributed by atoms with E-state index in [0.717, 1.165) is 38.4 Å². The van der Waals surface area contributed by atoms with E-state index in [1.165, 1.54) is 11.1 Å². The summed E-state index contributed by atoms with van der Waals surface area (Å²) in [6, 6.07) is 8.79. The van der Waals surface area contributed by atoms with Crippen LogP contribution in [0.4, 0.5) is 0 Å². The minimum absolute atomic E-state index is 0.729. The Balaban J connectivity index is 2.26. The van der Waals surface area contributed by atoms with Gasteiger partial charge >= 0.3 is 0 Å². The maximum atomic E-state index is 5.52. The van der Waals surface area contributed by atoms with Gasteiger partial charge in [0.15, 0.2) is 0 Å². The molecule has 2 nitrogen and oxygen atoms in total. The zero-order valence-electron chi connectivity index (χ0n) is 10.5. The molecule has 1 aromatic carbocycles. The molecule has 0 aromatic heterocycles. The lowest BCUT2D eigenvalue weighted by Crippen LogP contribution is -2.22. The predicted molar refractivity (Wildman–Crippen MR) is 70.6 cm³/mol. The van der Waals surface area contributed by atoms with Crippen LogP contribution in [0.15, 0.2) is 24.3 Å². The summed E-state index contributed by atoms with van der Waals surface area (Å²) >= 11 is 0. The highest BCUT2D eigenvalue weighted by Crippen LogP contribution is 2.05. The van der Waals surface area contributed by atoms with Gasteiger partial charge in [-0.1, -0.05) is 38.1 Å². The normalized spacial score (nSPS) is 11.0. The molecular formula is C14H24N2. The quantitative estimate of drug-likeness (QED) is 0.690. The van der Waals surface area contributed by atoms with E-state index in [2.05, 4.69) is 43.4 Å². The summed E-state index contributed by atoms with van der Waals surface area (Å²) in [4.78, 5) is 0. The molecule has 0 unspecified atom stereocenters. The molecule has 3 N–H and O–H groups in total. The second-order valence-corrected chi connectivity index (χ2v) is 4.70. The van der Waals surface area contributed by atoms with Crippen LogP contribution < -0.4 is 11.1 Å². The standard InChI is InChI=1S/C14H24N2/c1-12(2)11-16-10-8-14-5-3-13(4-6-14)7-9-15/h3-6,12,16H,7-11,15H2,1-2H3. The van der Waals surface area contributed by atoms with Crippen LogP contribution in [-0.2, 0) is 12.8 Å². The first-order valence-electron chi connectivity index (χ1n) is 6.21. The molecule has 0 saturated heterocycles. The van der Waals surface area contributed by atoms with Crippen molar-refractivity contribution < 1.29 is 0 Å². The summed E-state index contributed by atoms with van der Waals surface area (Å²) in [7, 11) is 0. The van der Waals surface area contributed by atoms with Crippen molar-refractivity contribution in [1.29, 1.82) is 0 Å². The van der Waals surface area contributed by atoms with Crippen LogP contribution in [-0.4, -0.2) is 19.6 Å².